The van der Waals surface area contributed by atoms with Crippen LogP contribution in [-0.2, 0) is 0 Å². The van der Waals surface area contributed by atoms with Crippen LogP contribution in [-0.4, -0.2) is 13.7 Å². The summed E-state index contributed by atoms with van der Waals surface area (Å²) in [6.07, 6.45) is 0. The average molecular weight is 726 g/mol. The lowest BCUT2D eigenvalue weighted by Gasteiger charge is -2.17. The van der Waals surface area contributed by atoms with Gasteiger partial charge in [0.05, 0.1) is 38.8 Å². The van der Waals surface area contributed by atoms with Gasteiger partial charge in [-0.15, -0.1) is 0 Å². The van der Waals surface area contributed by atoms with Gasteiger partial charge in [-0.1, -0.05) is 152 Å². The van der Waals surface area contributed by atoms with E-state index < -0.39 is 0 Å². The van der Waals surface area contributed by atoms with Gasteiger partial charge in [-0.2, -0.15) is 0 Å². The Hall–Kier alpha value is -7.62. The predicted octanol–water partition coefficient (Wildman–Crippen LogP) is 14.3. The molecule has 0 N–H and O–H groups in total. The van der Waals surface area contributed by atoms with E-state index in [0.29, 0.717) is 0 Å². The van der Waals surface area contributed by atoms with Gasteiger partial charge < -0.3 is 13.7 Å². The molecular formula is C54H35N3. The second-order valence-corrected chi connectivity index (χ2v) is 14.9. The van der Waals surface area contributed by atoms with Crippen LogP contribution in [0.15, 0.2) is 212 Å². The molecule has 12 aromatic rings. The lowest BCUT2D eigenvalue weighted by atomic mass is 9.96. The molecule has 0 atom stereocenters. The molecule has 0 aliphatic heterocycles. The second kappa shape index (κ2) is 12.5. The fourth-order valence-corrected chi connectivity index (χ4v) is 9.55. The molecule has 0 fully saturated rings. The van der Waals surface area contributed by atoms with E-state index in [9.17, 15) is 0 Å². The maximum atomic E-state index is 2.55. The summed E-state index contributed by atoms with van der Waals surface area (Å²) in [6.45, 7) is 0. The number of hydrogen-bond donors (Lipinski definition) is 0. The number of benzene rings is 9. The summed E-state index contributed by atoms with van der Waals surface area (Å²) >= 11 is 0. The molecule has 3 heteroatoms. The van der Waals surface area contributed by atoms with Crippen molar-refractivity contribution in [2.45, 2.75) is 0 Å². The van der Waals surface area contributed by atoms with Gasteiger partial charge in [-0.05, 0) is 71.8 Å². The van der Waals surface area contributed by atoms with Gasteiger partial charge >= 0.3 is 0 Å². The van der Waals surface area contributed by atoms with E-state index in [1.54, 1.807) is 0 Å². The van der Waals surface area contributed by atoms with Gasteiger partial charge in [0.25, 0.3) is 0 Å². The van der Waals surface area contributed by atoms with Crippen LogP contribution in [0, 0.1) is 0 Å². The Bertz CT molecular complexity index is 3500. The lowest BCUT2D eigenvalue weighted by Crippen LogP contribution is -1.99. The minimum absolute atomic E-state index is 1.15. The Labute approximate surface area is 329 Å². The number of para-hydroxylation sites is 6. The molecule has 3 nitrogen and oxygen atoms in total. The number of aromatic nitrogens is 3. The van der Waals surface area contributed by atoms with Gasteiger partial charge in [-0.25, -0.2) is 0 Å². The topological polar surface area (TPSA) is 14.8 Å². The lowest BCUT2D eigenvalue weighted by molar-refractivity contribution is 1.17. The molecule has 0 aliphatic carbocycles. The van der Waals surface area contributed by atoms with E-state index in [-0.39, 0.29) is 0 Å². The molecule has 3 aromatic heterocycles. The summed E-state index contributed by atoms with van der Waals surface area (Å²) in [6, 6.07) is 77.4. The molecule has 0 radical (unpaired) electrons. The van der Waals surface area contributed by atoms with Crippen LogP contribution in [0.2, 0.25) is 0 Å². The molecule has 57 heavy (non-hydrogen) atoms. The summed E-state index contributed by atoms with van der Waals surface area (Å²) in [5.41, 5.74) is 15.4. The number of fused-ring (bicyclic) bond motifs is 10. The minimum atomic E-state index is 1.15. The Morgan fingerprint density at radius 1 is 0.263 bits per heavy atom. The maximum Gasteiger partial charge on any atom is 0.0627 e. The van der Waals surface area contributed by atoms with Crippen molar-refractivity contribution in [1.82, 2.24) is 13.7 Å². The summed E-state index contributed by atoms with van der Waals surface area (Å²) in [7, 11) is 0. The monoisotopic (exact) mass is 725 g/mol. The SMILES string of the molecule is c1ccc(-c2cc3c(c4ccccc4n3-c3ccccc3)c3c4ccccc4n(-c4ccccc4-c4cccc5c4c4ccccc4n5-c4ccccc4)c23)cc1. The van der Waals surface area contributed by atoms with Gasteiger partial charge in [0.15, 0.2) is 0 Å². The molecule has 0 amide bonds. The first-order valence-corrected chi connectivity index (χ1v) is 19.6. The first-order chi connectivity index (χ1) is 28.3. The Balaban J connectivity index is 1.25. The van der Waals surface area contributed by atoms with Gasteiger partial charge in [0.1, 0.15) is 0 Å². The number of hydrogen-bond acceptors (Lipinski definition) is 0. The van der Waals surface area contributed by atoms with E-state index in [2.05, 4.69) is 226 Å². The Kier molecular flexibility index (Phi) is 6.93. The maximum absolute atomic E-state index is 2.55. The zero-order valence-corrected chi connectivity index (χ0v) is 31.0. The zero-order chi connectivity index (χ0) is 37.5. The number of rotatable bonds is 5. The first-order valence-electron chi connectivity index (χ1n) is 19.6. The highest BCUT2D eigenvalue weighted by Gasteiger charge is 2.26. The molecule has 0 bridgehead atoms. The molecule has 0 saturated carbocycles. The van der Waals surface area contributed by atoms with Gasteiger partial charge in [0, 0.05) is 54.8 Å². The van der Waals surface area contributed by atoms with Crippen molar-refractivity contribution in [3.63, 3.8) is 0 Å². The van der Waals surface area contributed by atoms with Crippen LogP contribution in [0.5, 0.6) is 0 Å². The van der Waals surface area contributed by atoms with Crippen molar-refractivity contribution < 1.29 is 0 Å². The highest BCUT2D eigenvalue weighted by atomic mass is 15.0. The molecule has 0 aliphatic rings. The highest BCUT2D eigenvalue weighted by molar-refractivity contribution is 6.31. The Morgan fingerprint density at radius 3 is 1.37 bits per heavy atom. The van der Waals surface area contributed by atoms with E-state index in [1.807, 2.05) is 0 Å². The summed E-state index contributed by atoms with van der Waals surface area (Å²) in [5, 5.41) is 7.51. The molecule has 3 heterocycles. The van der Waals surface area contributed by atoms with Crippen LogP contribution in [0.3, 0.4) is 0 Å². The molecule has 12 rings (SSSR count). The van der Waals surface area contributed by atoms with Crippen LogP contribution < -0.4 is 0 Å². The van der Waals surface area contributed by atoms with E-state index >= 15 is 0 Å². The van der Waals surface area contributed by atoms with E-state index in [1.165, 1.54) is 87.7 Å². The van der Waals surface area contributed by atoms with Crippen molar-refractivity contribution in [3.8, 4) is 39.3 Å². The molecule has 0 saturated heterocycles. The minimum Gasteiger partial charge on any atom is -0.309 e. The third-order valence-electron chi connectivity index (χ3n) is 11.8. The average Bonchev–Trinajstić information content (AvgIpc) is 3.93. The van der Waals surface area contributed by atoms with Crippen LogP contribution in [0.25, 0.3) is 105 Å². The fraction of sp³-hybridized carbons (Fsp3) is 0. The van der Waals surface area contributed by atoms with E-state index in [0.717, 1.165) is 17.1 Å². The Morgan fingerprint density at radius 2 is 0.719 bits per heavy atom. The quantitative estimate of drug-likeness (QED) is 0.168. The summed E-state index contributed by atoms with van der Waals surface area (Å²) in [5.74, 6) is 0. The fourth-order valence-electron chi connectivity index (χ4n) is 9.55. The zero-order valence-electron chi connectivity index (χ0n) is 31.0. The second-order valence-electron chi connectivity index (χ2n) is 14.9. The third kappa shape index (κ3) is 4.60. The molecule has 9 aromatic carbocycles. The smallest absolute Gasteiger partial charge is 0.0627 e. The third-order valence-corrected chi connectivity index (χ3v) is 11.8. The van der Waals surface area contributed by atoms with Crippen LogP contribution >= 0.6 is 0 Å². The molecular weight excluding hydrogens is 691 g/mol. The first kappa shape index (κ1) is 31.7. The number of nitrogens with zero attached hydrogens (tertiary/aromatic N) is 3. The standard InChI is InChI=1S/C54H35N3/c1-4-19-36(20-5-1)44-35-50-52(42-27-12-16-32-47(42)56(50)38-23-8-3-9-24-38)53-43-28-13-17-33-48(43)57(54(44)53)45-30-14-10-25-39(45)40-29-18-34-49-51(40)41-26-11-15-31-46(41)55(49)37-21-6-2-7-22-37/h1-35H. The summed E-state index contributed by atoms with van der Waals surface area (Å²) in [4.78, 5) is 0. The van der Waals surface area contributed by atoms with Crippen LogP contribution in [0.4, 0.5) is 0 Å². The molecule has 0 spiro atoms. The van der Waals surface area contributed by atoms with Gasteiger partial charge in [0.2, 0.25) is 0 Å². The van der Waals surface area contributed by atoms with E-state index in [4.69, 9.17) is 0 Å². The van der Waals surface area contributed by atoms with Crippen molar-refractivity contribution in [2.75, 3.05) is 0 Å². The molecule has 266 valence electrons. The van der Waals surface area contributed by atoms with Crippen LogP contribution in [0.1, 0.15) is 0 Å². The van der Waals surface area contributed by atoms with Crippen molar-refractivity contribution >= 4 is 65.4 Å². The molecule has 0 unspecified atom stereocenters. The summed E-state index contributed by atoms with van der Waals surface area (Å²) < 4.78 is 7.40. The predicted molar refractivity (Wildman–Crippen MR) is 240 cm³/mol. The van der Waals surface area contributed by atoms with Gasteiger partial charge in [-0.3, -0.25) is 0 Å². The van der Waals surface area contributed by atoms with Crippen molar-refractivity contribution in [2.24, 2.45) is 0 Å². The largest absolute Gasteiger partial charge is 0.309 e. The highest BCUT2D eigenvalue weighted by Crippen LogP contribution is 2.48. The normalized spacial score (nSPS) is 11.9. The van der Waals surface area contributed by atoms with Crippen molar-refractivity contribution in [1.29, 1.82) is 0 Å². The van der Waals surface area contributed by atoms with Crippen molar-refractivity contribution in [3.05, 3.63) is 212 Å².